The van der Waals surface area contributed by atoms with Crippen LogP contribution in [0.1, 0.15) is 31.3 Å². The number of rotatable bonds is 6. The number of ether oxygens (including phenoxy) is 1. The van der Waals surface area contributed by atoms with E-state index >= 15 is 0 Å². The van der Waals surface area contributed by atoms with Crippen LogP contribution in [0.5, 0.6) is 5.75 Å². The zero-order chi connectivity index (χ0) is 20.3. The van der Waals surface area contributed by atoms with Gasteiger partial charge in [0.05, 0.1) is 18.4 Å². The topological polar surface area (TPSA) is 80.3 Å². The van der Waals surface area contributed by atoms with Crippen molar-refractivity contribution >= 4 is 39.1 Å². The van der Waals surface area contributed by atoms with E-state index in [0.29, 0.717) is 33.3 Å². The van der Waals surface area contributed by atoms with E-state index in [4.69, 9.17) is 4.74 Å². The summed E-state index contributed by atoms with van der Waals surface area (Å²) in [5.41, 5.74) is 2.64. The number of nitrogens with zero attached hydrogens (tertiary/aromatic N) is 1. The van der Waals surface area contributed by atoms with Gasteiger partial charge in [0.25, 0.3) is 11.8 Å². The van der Waals surface area contributed by atoms with E-state index in [9.17, 15) is 9.59 Å². The Hall–Kier alpha value is -3.19. The van der Waals surface area contributed by atoms with Crippen LogP contribution in [0.15, 0.2) is 43.0 Å². The van der Waals surface area contributed by atoms with Crippen LogP contribution in [0.3, 0.4) is 0 Å². The lowest BCUT2D eigenvalue weighted by Crippen LogP contribution is -2.24. The number of methoxy groups -OCH3 is 1. The number of aromatic nitrogens is 1. The summed E-state index contributed by atoms with van der Waals surface area (Å²) >= 11 is 1.25. The third kappa shape index (κ3) is 3.75. The lowest BCUT2D eigenvalue weighted by atomic mass is 10.1. The van der Waals surface area contributed by atoms with Crippen molar-refractivity contribution in [2.45, 2.75) is 13.8 Å². The quantitative estimate of drug-likeness (QED) is 0.616. The molecule has 144 valence electrons. The van der Waals surface area contributed by atoms with Crippen LogP contribution in [-0.2, 0) is 0 Å². The zero-order valence-corrected chi connectivity index (χ0v) is 16.8. The van der Waals surface area contributed by atoms with E-state index in [1.54, 1.807) is 30.3 Å². The Labute approximate surface area is 167 Å². The molecule has 2 amide bonds. The smallest absolute Gasteiger partial charge is 0.263 e. The number of hydrogen-bond donors (Lipinski definition) is 2. The lowest BCUT2D eigenvalue weighted by molar-refractivity contribution is 0.0963. The molecule has 7 heteroatoms. The first-order valence-electron chi connectivity index (χ1n) is 8.70. The van der Waals surface area contributed by atoms with E-state index in [2.05, 4.69) is 22.2 Å². The minimum absolute atomic E-state index is 0.282. The molecule has 0 saturated carbocycles. The molecule has 0 unspecified atom stereocenters. The van der Waals surface area contributed by atoms with Crippen molar-refractivity contribution in [2.24, 2.45) is 0 Å². The maximum absolute atomic E-state index is 12.9. The molecule has 2 N–H and O–H groups in total. The molecule has 3 aromatic rings. The zero-order valence-electron chi connectivity index (χ0n) is 16.0. The summed E-state index contributed by atoms with van der Waals surface area (Å²) in [7, 11) is 1.51. The number of anilines is 1. The van der Waals surface area contributed by atoms with Gasteiger partial charge in [-0.25, -0.2) is 4.98 Å². The highest BCUT2D eigenvalue weighted by Gasteiger charge is 2.23. The second-order valence-corrected chi connectivity index (χ2v) is 7.22. The Kier molecular flexibility index (Phi) is 5.75. The van der Waals surface area contributed by atoms with Gasteiger partial charge < -0.3 is 15.4 Å². The van der Waals surface area contributed by atoms with Gasteiger partial charge in [-0.2, -0.15) is 0 Å². The Morgan fingerprint density at radius 2 is 2.00 bits per heavy atom. The van der Waals surface area contributed by atoms with Crippen molar-refractivity contribution < 1.29 is 14.3 Å². The second-order valence-electron chi connectivity index (χ2n) is 6.22. The van der Waals surface area contributed by atoms with Gasteiger partial charge in [-0.3, -0.25) is 9.59 Å². The highest BCUT2D eigenvalue weighted by atomic mass is 32.1. The van der Waals surface area contributed by atoms with E-state index in [1.807, 2.05) is 19.9 Å². The van der Waals surface area contributed by atoms with Crippen molar-refractivity contribution in [2.75, 3.05) is 19.0 Å². The molecular weight excluding hydrogens is 374 g/mol. The molecule has 6 nitrogen and oxygen atoms in total. The number of fused-ring (bicyclic) bond motifs is 1. The summed E-state index contributed by atoms with van der Waals surface area (Å²) in [6.07, 6.45) is 1.60. The number of benzene rings is 1. The van der Waals surface area contributed by atoms with Crippen LogP contribution in [0.4, 0.5) is 5.69 Å². The molecule has 0 spiro atoms. The maximum Gasteiger partial charge on any atom is 0.263 e. The number of pyridine rings is 1. The highest BCUT2D eigenvalue weighted by Crippen LogP contribution is 2.37. The molecular formula is C21H21N3O3S. The summed E-state index contributed by atoms with van der Waals surface area (Å²) in [5, 5.41) is 6.44. The second kappa shape index (κ2) is 8.22. The number of carbonyl (C=O) groups is 2. The van der Waals surface area contributed by atoms with Gasteiger partial charge >= 0.3 is 0 Å². The van der Waals surface area contributed by atoms with Gasteiger partial charge in [0.15, 0.2) is 0 Å². The minimum atomic E-state index is -0.352. The van der Waals surface area contributed by atoms with Gasteiger partial charge in [-0.05, 0) is 37.6 Å². The van der Waals surface area contributed by atoms with E-state index < -0.39 is 0 Å². The van der Waals surface area contributed by atoms with Gasteiger partial charge in [0.2, 0.25) is 0 Å². The van der Waals surface area contributed by atoms with Crippen LogP contribution >= 0.6 is 11.3 Å². The van der Waals surface area contributed by atoms with Crippen molar-refractivity contribution in [1.29, 1.82) is 0 Å². The normalized spacial score (nSPS) is 10.5. The minimum Gasteiger partial charge on any atom is -0.496 e. The number of amides is 2. The Balaban J connectivity index is 2.10. The van der Waals surface area contributed by atoms with Gasteiger partial charge in [0.1, 0.15) is 15.5 Å². The van der Waals surface area contributed by atoms with Crippen molar-refractivity contribution in [3.8, 4) is 5.75 Å². The fourth-order valence-corrected chi connectivity index (χ4v) is 4.15. The fourth-order valence-electron chi connectivity index (χ4n) is 2.98. The van der Waals surface area contributed by atoms with Crippen molar-refractivity contribution in [3.05, 3.63) is 64.7 Å². The largest absolute Gasteiger partial charge is 0.496 e. The first kappa shape index (κ1) is 19.6. The summed E-state index contributed by atoms with van der Waals surface area (Å²) < 4.78 is 5.28. The predicted octanol–water partition coefficient (Wildman–Crippen LogP) is 4.09. The SMILES string of the molecule is C=CCNC(=O)c1sc2nc(C)cc(C)c2c1NC(=O)c1ccccc1OC. The molecule has 0 saturated heterocycles. The molecule has 28 heavy (non-hydrogen) atoms. The van der Waals surface area contributed by atoms with Crippen LogP contribution in [-0.4, -0.2) is 30.5 Å². The number of para-hydroxylation sites is 1. The van der Waals surface area contributed by atoms with Crippen molar-refractivity contribution in [1.82, 2.24) is 10.3 Å². The monoisotopic (exact) mass is 395 g/mol. The van der Waals surface area contributed by atoms with Gasteiger partial charge in [-0.1, -0.05) is 18.2 Å². The third-order valence-electron chi connectivity index (χ3n) is 4.19. The molecule has 0 bridgehead atoms. The summed E-state index contributed by atoms with van der Waals surface area (Å²) in [6.45, 7) is 7.79. The molecule has 3 rings (SSSR count). The molecule has 0 atom stereocenters. The summed E-state index contributed by atoms with van der Waals surface area (Å²) in [4.78, 5) is 31.3. The molecule has 0 aliphatic rings. The highest BCUT2D eigenvalue weighted by molar-refractivity contribution is 7.21. The average Bonchev–Trinajstić information content (AvgIpc) is 3.04. The molecule has 2 aromatic heterocycles. The maximum atomic E-state index is 12.9. The Bertz CT molecular complexity index is 1070. The van der Waals surface area contributed by atoms with Gasteiger partial charge in [0, 0.05) is 17.6 Å². The summed E-state index contributed by atoms with van der Waals surface area (Å²) in [5.74, 6) is -0.173. The van der Waals surface area contributed by atoms with Crippen LogP contribution < -0.4 is 15.4 Å². The standard InChI is InChI=1S/C21H21N3O3S/c1-5-10-22-20(26)18-17(16-12(2)11-13(3)23-21(16)28-18)24-19(25)14-8-6-7-9-15(14)27-4/h5-9,11H,1,10H2,2-4H3,(H,22,26)(H,24,25). The number of aryl methyl sites for hydroxylation is 2. The van der Waals surface area contributed by atoms with E-state index in [0.717, 1.165) is 16.6 Å². The molecule has 1 aromatic carbocycles. The predicted molar refractivity (Wildman–Crippen MR) is 113 cm³/mol. The fraction of sp³-hybridized carbons (Fsp3) is 0.190. The number of thiophene rings is 1. The first-order valence-corrected chi connectivity index (χ1v) is 9.52. The first-order chi connectivity index (χ1) is 13.5. The number of nitrogens with one attached hydrogen (secondary N) is 2. The molecule has 0 radical (unpaired) electrons. The number of carbonyl (C=O) groups excluding carboxylic acids is 2. The molecule has 2 heterocycles. The summed E-state index contributed by atoms with van der Waals surface area (Å²) in [6, 6.07) is 8.88. The number of hydrogen-bond acceptors (Lipinski definition) is 5. The van der Waals surface area contributed by atoms with E-state index in [-0.39, 0.29) is 11.8 Å². The van der Waals surface area contributed by atoms with Gasteiger partial charge in [-0.15, -0.1) is 17.9 Å². The lowest BCUT2D eigenvalue weighted by Gasteiger charge is -2.11. The van der Waals surface area contributed by atoms with Crippen LogP contribution in [0.25, 0.3) is 10.2 Å². The van der Waals surface area contributed by atoms with E-state index in [1.165, 1.54) is 18.4 Å². The van der Waals surface area contributed by atoms with Crippen LogP contribution in [0, 0.1) is 13.8 Å². The Morgan fingerprint density at radius 3 is 2.71 bits per heavy atom. The Morgan fingerprint density at radius 1 is 1.25 bits per heavy atom. The van der Waals surface area contributed by atoms with Crippen LogP contribution in [0.2, 0.25) is 0 Å². The molecule has 0 aliphatic heterocycles. The van der Waals surface area contributed by atoms with Crippen molar-refractivity contribution in [3.63, 3.8) is 0 Å². The average molecular weight is 395 g/mol. The third-order valence-corrected chi connectivity index (χ3v) is 5.27. The molecule has 0 aliphatic carbocycles. The molecule has 0 fully saturated rings.